The maximum atomic E-state index is 13.9. The van der Waals surface area contributed by atoms with Gasteiger partial charge in [0.15, 0.2) is 0 Å². The SMILES string of the molecule is Fc1cc(Br)ccc1CN(Cc1ccsc1)C1CC1. The highest BCUT2D eigenvalue weighted by atomic mass is 79.9. The molecule has 19 heavy (non-hydrogen) atoms. The van der Waals surface area contributed by atoms with E-state index in [1.165, 1.54) is 18.4 Å². The number of nitrogens with zero attached hydrogens (tertiary/aromatic N) is 1. The number of rotatable bonds is 5. The summed E-state index contributed by atoms with van der Waals surface area (Å²) in [6, 6.07) is 8.11. The van der Waals surface area contributed by atoms with E-state index in [2.05, 4.69) is 37.7 Å². The van der Waals surface area contributed by atoms with Crippen LogP contribution >= 0.6 is 27.3 Å². The highest BCUT2D eigenvalue weighted by molar-refractivity contribution is 9.10. The molecule has 0 N–H and O–H groups in total. The zero-order valence-corrected chi connectivity index (χ0v) is 12.9. The molecule has 0 atom stereocenters. The largest absolute Gasteiger partial charge is 0.292 e. The Balaban J connectivity index is 1.74. The molecule has 0 saturated heterocycles. The molecule has 1 nitrogen and oxygen atoms in total. The normalized spacial score (nSPS) is 15.1. The predicted octanol–water partition coefficient (Wildman–Crippen LogP) is 4.81. The highest BCUT2D eigenvalue weighted by Crippen LogP contribution is 2.31. The van der Waals surface area contributed by atoms with Crippen LogP contribution in [0.25, 0.3) is 0 Å². The minimum atomic E-state index is -0.120. The second kappa shape index (κ2) is 5.73. The van der Waals surface area contributed by atoms with Crippen molar-refractivity contribution in [1.82, 2.24) is 4.90 Å². The summed E-state index contributed by atoms with van der Waals surface area (Å²) in [6.07, 6.45) is 2.48. The third-order valence-corrected chi connectivity index (χ3v) is 4.64. The van der Waals surface area contributed by atoms with Gasteiger partial charge in [-0.05, 0) is 47.4 Å². The Labute approximate surface area is 125 Å². The van der Waals surface area contributed by atoms with Gasteiger partial charge < -0.3 is 0 Å². The first-order valence-corrected chi connectivity index (χ1v) is 8.15. The van der Waals surface area contributed by atoms with Crippen molar-refractivity contribution in [3.05, 3.63) is 56.4 Å². The average molecular weight is 340 g/mol. The van der Waals surface area contributed by atoms with E-state index in [-0.39, 0.29) is 5.82 Å². The van der Waals surface area contributed by atoms with Gasteiger partial charge in [-0.1, -0.05) is 22.0 Å². The first kappa shape index (κ1) is 13.3. The summed E-state index contributed by atoms with van der Waals surface area (Å²) in [5.74, 6) is -0.120. The maximum Gasteiger partial charge on any atom is 0.128 e. The molecule has 1 aromatic carbocycles. The summed E-state index contributed by atoms with van der Waals surface area (Å²) in [6.45, 7) is 1.61. The number of benzene rings is 1. The molecule has 0 bridgehead atoms. The van der Waals surface area contributed by atoms with E-state index in [1.54, 1.807) is 17.4 Å². The van der Waals surface area contributed by atoms with Gasteiger partial charge in [0.2, 0.25) is 0 Å². The maximum absolute atomic E-state index is 13.9. The predicted molar refractivity (Wildman–Crippen MR) is 80.7 cm³/mol. The summed E-state index contributed by atoms with van der Waals surface area (Å²) in [4.78, 5) is 2.38. The minimum Gasteiger partial charge on any atom is -0.292 e. The van der Waals surface area contributed by atoms with E-state index in [9.17, 15) is 4.39 Å². The molecule has 1 saturated carbocycles. The van der Waals surface area contributed by atoms with Crippen LogP contribution in [0, 0.1) is 5.82 Å². The lowest BCUT2D eigenvalue weighted by Gasteiger charge is -2.22. The summed E-state index contributed by atoms with van der Waals surface area (Å²) in [5.41, 5.74) is 2.11. The lowest BCUT2D eigenvalue weighted by atomic mass is 10.2. The van der Waals surface area contributed by atoms with Crippen LogP contribution in [0.5, 0.6) is 0 Å². The van der Waals surface area contributed by atoms with Crippen molar-refractivity contribution < 1.29 is 4.39 Å². The van der Waals surface area contributed by atoms with Crippen LogP contribution < -0.4 is 0 Å². The topological polar surface area (TPSA) is 3.24 Å². The quantitative estimate of drug-likeness (QED) is 0.755. The van der Waals surface area contributed by atoms with Gasteiger partial charge >= 0.3 is 0 Å². The van der Waals surface area contributed by atoms with Crippen molar-refractivity contribution in [3.8, 4) is 0 Å². The summed E-state index contributed by atoms with van der Waals surface area (Å²) < 4.78 is 14.7. The monoisotopic (exact) mass is 339 g/mol. The fourth-order valence-corrected chi connectivity index (χ4v) is 3.23. The summed E-state index contributed by atoms with van der Waals surface area (Å²) in [7, 11) is 0. The standard InChI is InChI=1S/C15H15BrFNS/c16-13-2-1-12(15(17)7-13)9-18(14-3-4-14)8-11-5-6-19-10-11/h1-2,5-7,10,14H,3-4,8-9H2. The van der Waals surface area contributed by atoms with Crippen LogP contribution in [-0.2, 0) is 13.1 Å². The zero-order valence-electron chi connectivity index (χ0n) is 10.5. The molecule has 2 aromatic rings. The van der Waals surface area contributed by atoms with Crippen LogP contribution in [0.3, 0.4) is 0 Å². The van der Waals surface area contributed by atoms with E-state index in [0.29, 0.717) is 12.6 Å². The molecule has 0 amide bonds. The van der Waals surface area contributed by atoms with Crippen LogP contribution in [0.2, 0.25) is 0 Å². The fourth-order valence-electron chi connectivity index (χ4n) is 2.24. The molecule has 4 heteroatoms. The Hall–Kier alpha value is -0.710. The minimum absolute atomic E-state index is 0.120. The van der Waals surface area contributed by atoms with Gasteiger partial charge in [-0.15, -0.1) is 0 Å². The van der Waals surface area contributed by atoms with Crippen molar-refractivity contribution in [2.75, 3.05) is 0 Å². The van der Waals surface area contributed by atoms with Crippen molar-refractivity contribution in [3.63, 3.8) is 0 Å². The molecule has 1 aliphatic carbocycles. The van der Waals surface area contributed by atoms with E-state index in [4.69, 9.17) is 0 Å². The van der Waals surface area contributed by atoms with Crippen molar-refractivity contribution >= 4 is 27.3 Å². The first-order chi connectivity index (χ1) is 9.22. The van der Waals surface area contributed by atoms with Gasteiger partial charge in [0, 0.05) is 29.2 Å². The van der Waals surface area contributed by atoms with Gasteiger partial charge in [0.25, 0.3) is 0 Å². The van der Waals surface area contributed by atoms with Gasteiger partial charge in [-0.2, -0.15) is 11.3 Å². The Morgan fingerprint density at radius 1 is 1.26 bits per heavy atom. The van der Waals surface area contributed by atoms with Crippen LogP contribution in [0.4, 0.5) is 4.39 Å². The zero-order chi connectivity index (χ0) is 13.2. The van der Waals surface area contributed by atoms with Crippen LogP contribution in [-0.4, -0.2) is 10.9 Å². The van der Waals surface area contributed by atoms with Crippen molar-refractivity contribution in [1.29, 1.82) is 0 Å². The lowest BCUT2D eigenvalue weighted by molar-refractivity contribution is 0.242. The molecule has 100 valence electrons. The van der Waals surface area contributed by atoms with E-state index < -0.39 is 0 Å². The van der Waals surface area contributed by atoms with Crippen LogP contribution in [0.15, 0.2) is 39.5 Å². The number of thiophene rings is 1. The number of hydrogen-bond donors (Lipinski definition) is 0. The second-order valence-corrected chi connectivity index (χ2v) is 6.70. The van der Waals surface area contributed by atoms with Gasteiger partial charge in [-0.3, -0.25) is 4.90 Å². The molecule has 0 unspecified atom stereocenters. The summed E-state index contributed by atoms with van der Waals surface area (Å²) >= 11 is 5.02. The Morgan fingerprint density at radius 2 is 2.11 bits per heavy atom. The second-order valence-electron chi connectivity index (χ2n) is 5.00. The third kappa shape index (κ3) is 3.44. The molecular weight excluding hydrogens is 325 g/mol. The van der Waals surface area contributed by atoms with E-state index in [0.717, 1.165) is 16.6 Å². The molecule has 3 rings (SSSR count). The van der Waals surface area contributed by atoms with Gasteiger partial charge in [-0.25, -0.2) is 4.39 Å². The molecule has 0 spiro atoms. The summed E-state index contributed by atoms with van der Waals surface area (Å²) in [5, 5.41) is 4.27. The van der Waals surface area contributed by atoms with Gasteiger partial charge in [0.05, 0.1) is 0 Å². The lowest BCUT2D eigenvalue weighted by Crippen LogP contribution is -2.25. The Morgan fingerprint density at radius 3 is 2.74 bits per heavy atom. The molecule has 1 heterocycles. The number of halogens is 2. The smallest absolute Gasteiger partial charge is 0.128 e. The fraction of sp³-hybridized carbons (Fsp3) is 0.333. The Bertz CT molecular complexity index is 551. The molecular formula is C15H15BrFNS. The Kier molecular flexibility index (Phi) is 4.01. The van der Waals surface area contributed by atoms with E-state index in [1.807, 2.05) is 12.1 Å². The van der Waals surface area contributed by atoms with Crippen molar-refractivity contribution in [2.24, 2.45) is 0 Å². The molecule has 1 aliphatic rings. The number of hydrogen-bond acceptors (Lipinski definition) is 2. The van der Waals surface area contributed by atoms with E-state index >= 15 is 0 Å². The molecule has 0 radical (unpaired) electrons. The first-order valence-electron chi connectivity index (χ1n) is 6.41. The van der Waals surface area contributed by atoms with Crippen molar-refractivity contribution in [2.45, 2.75) is 32.0 Å². The average Bonchev–Trinajstić information content (AvgIpc) is 3.10. The van der Waals surface area contributed by atoms with Gasteiger partial charge in [0.1, 0.15) is 5.82 Å². The highest BCUT2D eigenvalue weighted by Gasteiger charge is 2.29. The molecule has 1 fully saturated rings. The molecule has 1 aromatic heterocycles. The van der Waals surface area contributed by atoms with Crippen LogP contribution in [0.1, 0.15) is 24.0 Å². The molecule has 0 aliphatic heterocycles. The third-order valence-electron chi connectivity index (χ3n) is 3.42.